The lowest BCUT2D eigenvalue weighted by molar-refractivity contribution is -0.424. The van der Waals surface area contributed by atoms with Crippen LogP contribution in [0.2, 0.25) is 0 Å². The minimum Gasteiger partial charge on any atom is -0.259 e. The van der Waals surface area contributed by atoms with Gasteiger partial charge in [-0.05, 0) is 11.1 Å². The van der Waals surface area contributed by atoms with Crippen molar-refractivity contribution in [3.63, 3.8) is 0 Å². The van der Waals surface area contributed by atoms with Gasteiger partial charge in [0.15, 0.2) is 0 Å². The van der Waals surface area contributed by atoms with Crippen molar-refractivity contribution in [3.05, 3.63) is 51.2 Å². The summed E-state index contributed by atoms with van der Waals surface area (Å²) in [5.74, 6) is 0. The fraction of sp³-hybridized carbons (Fsp3) is 0.111. The van der Waals surface area contributed by atoms with E-state index in [9.17, 15) is 10.1 Å². The second kappa shape index (κ2) is 2.44. The molecule has 0 aliphatic heterocycles. The first kappa shape index (κ1) is 7.03. The Labute approximate surface area is 69.5 Å². The van der Waals surface area contributed by atoms with Crippen LogP contribution in [0.25, 0.3) is 6.08 Å². The molecule has 1 aromatic rings. The van der Waals surface area contributed by atoms with Crippen LogP contribution in [-0.2, 0) is 6.42 Å². The SMILES string of the molecule is O=[N+]([O-])C1=Cc2ccccc2C1. The van der Waals surface area contributed by atoms with Crippen molar-refractivity contribution in [2.24, 2.45) is 0 Å². The van der Waals surface area contributed by atoms with E-state index in [1.54, 1.807) is 6.08 Å². The summed E-state index contributed by atoms with van der Waals surface area (Å²) in [6.45, 7) is 0. The molecule has 0 spiro atoms. The molecular formula is C9H7NO2. The molecule has 0 amide bonds. The van der Waals surface area contributed by atoms with Crippen LogP contribution in [0.3, 0.4) is 0 Å². The zero-order chi connectivity index (χ0) is 8.55. The highest BCUT2D eigenvalue weighted by molar-refractivity contribution is 5.61. The van der Waals surface area contributed by atoms with Crippen LogP contribution < -0.4 is 0 Å². The van der Waals surface area contributed by atoms with Gasteiger partial charge in [0.2, 0.25) is 0 Å². The molecule has 1 aliphatic rings. The maximum atomic E-state index is 10.4. The van der Waals surface area contributed by atoms with Crippen LogP contribution in [0.4, 0.5) is 0 Å². The van der Waals surface area contributed by atoms with E-state index in [-0.39, 0.29) is 10.6 Å². The van der Waals surface area contributed by atoms with E-state index in [2.05, 4.69) is 0 Å². The van der Waals surface area contributed by atoms with Crippen molar-refractivity contribution in [1.82, 2.24) is 0 Å². The molecule has 0 heterocycles. The molecule has 12 heavy (non-hydrogen) atoms. The van der Waals surface area contributed by atoms with Gasteiger partial charge in [-0.15, -0.1) is 0 Å². The zero-order valence-corrected chi connectivity index (χ0v) is 6.36. The summed E-state index contributed by atoms with van der Waals surface area (Å²) in [5.41, 5.74) is 2.31. The zero-order valence-electron chi connectivity index (χ0n) is 6.36. The van der Waals surface area contributed by atoms with Gasteiger partial charge in [-0.3, -0.25) is 10.1 Å². The maximum absolute atomic E-state index is 10.4. The molecule has 0 N–H and O–H groups in total. The average Bonchev–Trinajstić information content (AvgIpc) is 2.46. The molecule has 60 valence electrons. The average molecular weight is 161 g/mol. The van der Waals surface area contributed by atoms with Crippen LogP contribution >= 0.6 is 0 Å². The van der Waals surface area contributed by atoms with Gasteiger partial charge in [0, 0.05) is 6.08 Å². The summed E-state index contributed by atoms with van der Waals surface area (Å²) in [6, 6.07) is 7.60. The Balaban J connectivity index is 2.41. The Morgan fingerprint density at radius 1 is 1.33 bits per heavy atom. The number of benzene rings is 1. The summed E-state index contributed by atoms with van der Waals surface area (Å²) in [7, 11) is 0. The summed E-state index contributed by atoms with van der Waals surface area (Å²) in [4.78, 5) is 10.1. The van der Waals surface area contributed by atoms with Gasteiger partial charge in [0.1, 0.15) is 0 Å². The van der Waals surface area contributed by atoms with Gasteiger partial charge in [-0.1, -0.05) is 24.3 Å². The third-order valence-electron chi connectivity index (χ3n) is 1.98. The van der Waals surface area contributed by atoms with Gasteiger partial charge in [0.05, 0.1) is 11.3 Å². The molecule has 0 fully saturated rings. The Morgan fingerprint density at radius 2 is 2.08 bits per heavy atom. The van der Waals surface area contributed by atoms with Gasteiger partial charge < -0.3 is 0 Å². The monoisotopic (exact) mass is 161 g/mol. The molecule has 3 nitrogen and oxygen atoms in total. The van der Waals surface area contributed by atoms with Gasteiger partial charge >= 0.3 is 0 Å². The number of rotatable bonds is 1. The summed E-state index contributed by atoms with van der Waals surface area (Å²) < 4.78 is 0. The lowest BCUT2D eigenvalue weighted by atomic mass is 10.1. The van der Waals surface area contributed by atoms with E-state index >= 15 is 0 Å². The molecule has 0 saturated carbocycles. The molecule has 0 saturated heterocycles. The predicted octanol–water partition coefficient (Wildman–Crippen LogP) is 1.86. The van der Waals surface area contributed by atoms with Crippen LogP contribution in [0.1, 0.15) is 11.1 Å². The first-order chi connectivity index (χ1) is 5.77. The molecule has 0 unspecified atom stereocenters. The highest BCUT2D eigenvalue weighted by atomic mass is 16.6. The Kier molecular flexibility index (Phi) is 1.43. The van der Waals surface area contributed by atoms with Crippen molar-refractivity contribution in [3.8, 4) is 0 Å². The standard InChI is InChI=1S/C9H7NO2/c11-10(12)9-5-7-3-1-2-4-8(7)6-9/h1-5H,6H2. The fourth-order valence-electron chi connectivity index (χ4n) is 1.38. The Hall–Kier alpha value is -1.64. The molecule has 3 heteroatoms. The van der Waals surface area contributed by atoms with Crippen LogP contribution in [0.15, 0.2) is 30.0 Å². The number of hydrogen-bond acceptors (Lipinski definition) is 2. The number of nitrogens with zero attached hydrogens (tertiary/aromatic N) is 1. The Morgan fingerprint density at radius 3 is 2.75 bits per heavy atom. The highest BCUT2D eigenvalue weighted by Crippen LogP contribution is 2.24. The van der Waals surface area contributed by atoms with E-state index in [4.69, 9.17) is 0 Å². The number of hydrogen-bond donors (Lipinski definition) is 0. The van der Waals surface area contributed by atoms with E-state index in [0.717, 1.165) is 11.1 Å². The summed E-state index contributed by atoms with van der Waals surface area (Å²) in [5, 5.41) is 10.4. The van der Waals surface area contributed by atoms with E-state index in [1.807, 2.05) is 24.3 Å². The van der Waals surface area contributed by atoms with Crippen molar-refractivity contribution in [2.75, 3.05) is 0 Å². The van der Waals surface area contributed by atoms with Crippen molar-refractivity contribution in [1.29, 1.82) is 0 Å². The van der Waals surface area contributed by atoms with Crippen LogP contribution in [0, 0.1) is 10.1 Å². The van der Waals surface area contributed by atoms with Gasteiger partial charge in [-0.2, -0.15) is 0 Å². The summed E-state index contributed by atoms with van der Waals surface area (Å²) >= 11 is 0. The van der Waals surface area contributed by atoms with Crippen LogP contribution in [0.5, 0.6) is 0 Å². The number of nitro groups is 1. The molecule has 1 aromatic carbocycles. The maximum Gasteiger partial charge on any atom is 0.251 e. The second-order valence-corrected chi connectivity index (χ2v) is 2.77. The first-order valence-electron chi connectivity index (χ1n) is 3.70. The molecular weight excluding hydrogens is 154 g/mol. The molecule has 1 aliphatic carbocycles. The lowest BCUT2D eigenvalue weighted by Gasteiger charge is -1.92. The van der Waals surface area contributed by atoms with Gasteiger partial charge in [-0.25, -0.2) is 0 Å². The normalized spacial score (nSPS) is 13.8. The largest absolute Gasteiger partial charge is 0.259 e. The molecule has 0 atom stereocenters. The third-order valence-corrected chi connectivity index (χ3v) is 1.98. The Bertz CT molecular complexity index is 369. The second-order valence-electron chi connectivity index (χ2n) is 2.77. The first-order valence-corrected chi connectivity index (χ1v) is 3.70. The molecule has 0 radical (unpaired) electrons. The van der Waals surface area contributed by atoms with Crippen molar-refractivity contribution in [2.45, 2.75) is 6.42 Å². The van der Waals surface area contributed by atoms with E-state index in [1.165, 1.54) is 0 Å². The molecule has 0 aromatic heterocycles. The van der Waals surface area contributed by atoms with Crippen molar-refractivity contribution >= 4 is 6.08 Å². The third kappa shape index (κ3) is 0.993. The highest BCUT2D eigenvalue weighted by Gasteiger charge is 2.19. The van der Waals surface area contributed by atoms with Crippen LogP contribution in [-0.4, -0.2) is 4.92 Å². The van der Waals surface area contributed by atoms with Gasteiger partial charge in [0.25, 0.3) is 5.70 Å². The minimum absolute atomic E-state index is 0.288. The topological polar surface area (TPSA) is 43.1 Å². The molecule has 0 bridgehead atoms. The fourth-order valence-corrected chi connectivity index (χ4v) is 1.38. The lowest BCUT2D eigenvalue weighted by Crippen LogP contribution is -1.96. The van der Waals surface area contributed by atoms with E-state index < -0.39 is 0 Å². The smallest absolute Gasteiger partial charge is 0.251 e. The minimum atomic E-state index is -0.319. The van der Waals surface area contributed by atoms with E-state index in [0.29, 0.717) is 6.42 Å². The quantitative estimate of drug-likeness (QED) is 0.466. The molecule has 2 rings (SSSR count). The number of allylic oxidation sites excluding steroid dienone is 1. The predicted molar refractivity (Wildman–Crippen MR) is 45.1 cm³/mol. The van der Waals surface area contributed by atoms with Crippen molar-refractivity contribution < 1.29 is 4.92 Å². The summed E-state index contributed by atoms with van der Waals surface area (Å²) in [6.07, 6.45) is 2.10. The number of fused-ring (bicyclic) bond motifs is 1.